The molecule has 0 fully saturated rings. The zero-order valence-electron chi connectivity index (χ0n) is 11.9. The molecular weight excluding hydrogens is 344 g/mol. The van der Waals surface area contributed by atoms with Gasteiger partial charge in [0.2, 0.25) is 0 Å². The van der Waals surface area contributed by atoms with E-state index >= 15 is 0 Å². The van der Waals surface area contributed by atoms with Crippen LogP contribution in [-0.4, -0.2) is 38.8 Å². The monoisotopic (exact) mass is 357 g/mol. The van der Waals surface area contributed by atoms with Crippen molar-refractivity contribution < 1.29 is 14.3 Å². The van der Waals surface area contributed by atoms with Gasteiger partial charge in [-0.05, 0) is 17.2 Å². The van der Waals surface area contributed by atoms with Gasteiger partial charge in [0.1, 0.15) is 12.8 Å². The smallest absolute Gasteiger partial charge is 0.253 e. The Hall–Kier alpha value is -1.76. The van der Waals surface area contributed by atoms with E-state index in [-0.39, 0.29) is 0 Å². The number of nitrogens with zero attached hydrogens (tertiary/aromatic N) is 2. The van der Waals surface area contributed by atoms with Gasteiger partial charge in [-0.2, -0.15) is 10.2 Å². The lowest BCUT2D eigenvalue weighted by atomic mass is 9.99. The molecule has 122 valence electrons. The fraction of sp³-hybridized carbons (Fsp3) is 0.267. The second kappa shape index (κ2) is 8.19. The van der Waals surface area contributed by atoms with Gasteiger partial charge in [0.05, 0.1) is 18.4 Å². The number of nitrogens with one attached hydrogen (secondary N) is 1. The molecule has 1 amide bonds. The molecule has 0 aliphatic rings. The van der Waals surface area contributed by atoms with E-state index in [2.05, 4.69) is 15.5 Å². The van der Waals surface area contributed by atoms with Crippen LogP contribution >= 0.6 is 23.2 Å². The summed E-state index contributed by atoms with van der Waals surface area (Å²) >= 11 is 10.8. The molecule has 0 unspecified atom stereocenters. The molecule has 2 atom stereocenters. The van der Waals surface area contributed by atoms with Crippen molar-refractivity contribution in [1.29, 1.82) is 0 Å². The summed E-state index contributed by atoms with van der Waals surface area (Å²) in [6.45, 7) is -0.955. The zero-order valence-corrected chi connectivity index (χ0v) is 13.4. The SMILES string of the molecule is O=C(N[C@H](CF)[C@H](O)c1ccc(-c2ccnnc2)cc1)C(Cl)Cl. The van der Waals surface area contributed by atoms with Crippen molar-refractivity contribution in [3.05, 3.63) is 48.3 Å². The minimum absolute atomic E-state index is 0.458. The third-order valence-corrected chi connectivity index (χ3v) is 3.64. The Morgan fingerprint density at radius 1 is 1.17 bits per heavy atom. The van der Waals surface area contributed by atoms with Crippen LogP contribution in [0.5, 0.6) is 0 Å². The summed E-state index contributed by atoms with van der Waals surface area (Å²) in [5.74, 6) is -0.755. The number of halogens is 3. The van der Waals surface area contributed by atoms with Crippen LogP contribution in [0.15, 0.2) is 42.7 Å². The Bertz CT molecular complexity index is 641. The molecule has 0 saturated carbocycles. The normalized spacial score (nSPS) is 13.6. The summed E-state index contributed by atoms with van der Waals surface area (Å²) in [5, 5.41) is 20.0. The first kappa shape index (κ1) is 17.6. The highest BCUT2D eigenvalue weighted by atomic mass is 35.5. The predicted molar refractivity (Wildman–Crippen MR) is 85.8 cm³/mol. The second-order valence-corrected chi connectivity index (χ2v) is 5.86. The second-order valence-electron chi connectivity index (χ2n) is 4.77. The van der Waals surface area contributed by atoms with Crippen molar-refractivity contribution in [2.45, 2.75) is 17.0 Å². The molecule has 0 aliphatic carbocycles. The average molecular weight is 358 g/mol. The molecule has 23 heavy (non-hydrogen) atoms. The van der Waals surface area contributed by atoms with Gasteiger partial charge >= 0.3 is 0 Å². The van der Waals surface area contributed by atoms with Crippen molar-refractivity contribution >= 4 is 29.1 Å². The maximum atomic E-state index is 13.1. The van der Waals surface area contributed by atoms with Gasteiger partial charge in [0.15, 0.2) is 4.84 Å². The standard InChI is InChI=1S/C15H14Cl2FN3O2/c16-14(17)15(23)21-12(7-18)13(22)10-3-1-9(2-4-10)11-5-6-19-20-8-11/h1-6,8,12-14,22H,7H2,(H,21,23)/t12-,13-/m1/s1. The van der Waals surface area contributed by atoms with Crippen LogP contribution in [0.25, 0.3) is 11.1 Å². The number of carbonyl (C=O) groups excluding carboxylic acids is 1. The van der Waals surface area contributed by atoms with Crippen LogP contribution in [0, 0.1) is 0 Å². The maximum Gasteiger partial charge on any atom is 0.253 e. The molecule has 1 aromatic carbocycles. The Morgan fingerprint density at radius 3 is 2.39 bits per heavy atom. The van der Waals surface area contributed by atoms with Crippen LogP contribution in [0.4, 0.5) is 4.39 Å². The lowest BCUT2D eigenvalue weighted by Gasteiger charge is -2.22. The van der Waals surface area contributed by atoms with Crippen LogP contribution < -0.4 is 5.32 Å². The quantitative estimate of drug-likeness (QED) is 0.778. The van der Waals surface area contributed by atoms with Gasteiger partial charge < -0.3 is 10.4 Å². The highest BCUT2D eigenvalue weighted by molar-refractivity contribution is 6.53. The van der Waals surface area contributed by atoms with Gasteiger partial charge in [-0.25, -0.2) is 4.39 Å². The van der Waals surface area contributed by atoms with Gasteiger partial charge in [0, 0.05) is 5.56 Å². The molecular formula is C15H14Cl2FN3O2. The minimum atomic E-state index is -1.32. The van der Waals surface area contributed by atoms with E-state index in [0.29, 0.717) is 5.56 Å². The highest BCUT2D eigenvalue weighted by Gasteiger charge is 2.25. The topological polar surface area (TPSA) is 75.1 Å². The number of aliphatic hydroxyl groups is 1. The van der Waals surface area contributed by atoms with Crippen LogP contribution in [0.3, 0.4) is 0 Å². The van der Waals surface area contributed by atoms with Gasteiger partial charge in [-0.3, -0.25) is 4.79 Å². The Balaban J connectivity index is 2.12. The third kappa shape index (κ3) is 4.60. The van der Waals surface area contributed by atoms with Crippen molar-refractivity contribution in [2.75, 3.05) is 6.67 Å². The number of hydrogen-bond acceptors (Lipinski definition) is 4. The molecule has 5 nitrogen and oxygen atoms in total. The summed E-state index contributed by atoms with van der Waals surface area (Å²) in [6.07, 6.45) is 1.96. The first-order valence-electron chi connectivity index (χ1n) is 6.72. The number of carbonyl (C=O) groups is 1. The van der Waals surface area contributed by atoms with E-state index in [1.165, 1.54) is 0 Å². The molecule has 2 aromatic rings. The van der Waals surface area contributed by atoms with Crippen LogP contribution in [0.1, 0.15) is 11.7 Å². The Labute approximate surface area is 142 Å². The van der Waals surface area contributed by atoms with Gasteiger partial charge in [0.25, 0.3) is 5.91 Å². The van der Waals surface area contributed by atoms with Crippen LogP contribution in [0.2, 0.25) is 0 Å². The summed E-state index contributed by atoms with van der Waals surface area (Å²) in [7, 11) is 0. The Morgan fingerprint density at radius 2 is 1.87 bits per heavy atom. The number of aromatic nitrogens is 2. The van der Waals surface area contributed by atoms with Crippen molar-refractivity contribution in [2.24, 2.45) is 0 Å². The van der Waals surface area contributed by atoms with E-state index in [1.54, 1.807) is 42.7 Å². The fourth-order valence-electron chi connectivity index (χ4n) is 2.01. The van der Waals surface area contributed by atoms with E-state index in [0.717, 1.165) is 11.1 Å². The summed E-state index contributed by atoms with van der Waals surface area (Å²) in [6, 6.07) is 7.49. The molecule has 8 heteroatoms. The van der Waals surface area contributed by atoms with E-state index in [4.69, 9.17) is 23.2 Å². The summed E-state index contributed by atoms with van der Waals surface area (Å²) in [4.78, 5) is 10.1. The maximum absolute atomic E-state index is 13.1. The molecule has 2 N–H and O–H groups in total. The van der Waals surface area contributed by atoms with Gasteiger partial charge in [-0.1, -0.05) is 47.5 Å². The molecule has 1 heterocycles. The first-order chi connectivity index (χ1) is 11.0. The van der Waals surface area contributed by atoms with Crippen molar-refractivity contribution in [3.63, 3.8) is 0 Å². The molecule has 0 saturated heterocycles. The highest BCUT2D eigenvalue weighted by Crippen LogP contribution is 2.23. The summed E-state index contributed by atoms with van der Waals surface area (Å²) in [5.41, 5.74) is 2.20. The molecule has 0 bridgehead atoms. The molecule has 0 aliphatic heterocycles. The number of alkyl halides is 3. The summed E-state index contributed by atoms with van der Waals surface area (Å²) < 4.78 is 13.1. The van der Waals surface area contributed by atoms with E-state index in [1.807, 2.05) is 0 Å². The fourth-order valence-corrected chi connectivity index (χ4v) is 2.14. The van der Waals surface area contributed by atoms with Crippen molar-refractivity contribution in [3.8, 4) is 11.1 Å². The lowest BCUT2D eigenvalue weighted by molar-refractivity contribution is -0.121. The largest absolute Gasteiger partial charge is 0.386 e. The number of aliphatic hydroxyl groups excluding tert-OH is 1. The first-order valence-corrected chi connectivity index (χ1v) is 7.59. The molecule has 2 rings (SSSR count). The van der Waals surface area contributed by atoms with Crippen molar-refractivity contribution in [1.82, 2.24) is 15.5 Å². The lowest BCUT2D eigenvalue weighted by Crippen LogP contribution is -2.43. The van der Waals surface area contributed by atoms with Gasteiger partial charge in [-0.15, -0.1) is 0 Å². The Kier molecular flexibility index (Phi) is 6.27. The molecule has 0 spiro atoms. The third-order valence-electron chi connectivity index (χ3n) is 3.24. The minimum Gasteiger partial charge on any atom is -0.386 e. The molecule has 0 radical (unpaired) electrons. The van der Waals surface area contributed by atoms with E-state index in [9.17, 15) is 14.3 Å². The number of amides is 1. The predicted octanol–water partition coefficient (Wildman–Crippen LogP) is 2.44. The number of benzene rings is 1. The average Bonchev–Trinajstić information content (AvgIpc) is 2.59. The van der Waals surface area contributed by atoms with E-state index < -0.39 is 29.6 Å². The van der Waals surface area contributed by atoms with Crippen LogP contribution in [-0.2, 0) is 4.79 Å². The number of rotatable bonds is 6. The number of hydrogen-bond donors (Lipinski definition) is 2. The zero-order chi connectivity index (χ0) is 16.8. The molecule has 1 aromatic heterocycles.